The summed E-state index contributed by atoms with van der Waals surface area (Å²) in [6.07, 6.45) is 0.832. The van der Waals surface area contributed by atoms with E-state index in [9.17, 15) is 9.59 Å². The van der Waals surface area contributed by atoms with Crippen molar-refractivity contribution in [1.29, 1.82) is 0 Å². The monoisotopic (exact) mass is 351 g/mol. The van der Waals surface area contributed by atoms with Gasteiger partial charge < -0.3 is 4.98 Å². The second kappa shape index (κ2) is 6.59. The molecule has 1 aromatic carbocycles. The van der Waals surface area contributed by atoms with Crippen LogP contribution in [0.3, 0.4) is 0 Å². The van der Waals surface area contributed by atoms with Gasteiger partial charge in [-0.3, -0.25) is 9.36 Å². The second-order valence-electron chi connectivity index (χ2n) is 4.93. The lowest BCUT2D eigenvalue weighted by molar-refractivity contribution is 0.603. The number of rotatable bonds is 5. The molecule has 0 radical (unpaired) electrons. The van der Waals surface area contributed by atoms with Crippen LogP contribution < -0.4 is 11.2 Å². The first kappa shape index (κ1) is 15.8. The molecule has 0 aliphatic rings. The third kappa shape index (κ3) is 3.32. The number of aromatic amines is 2. The Morgan fingerprint density at radius 1 is 1.35 bits per heavy atom. The fraction of sp³-hybridized carbons (Fsp3) is 0.286. The van der Waals surface area contributed by atoms with E-state index in [0.717, 1.165) is 6.42 Å². The molecule has 0 aliphatic heterocycles. The molecule has 23 heavy (non-hydrogen) atoms. The number of halogens is 1. The summed E-state index contributed by atoms with van der Waals surface area (Å²) in [7, 11) is 0. The number of nitrogens with zero attached hydrogens (tertiary/aromatic N) is 3. The van der Waals surface area contributed by atoms with Crippen LogP contribution in [0.1, 0.15) is 19.2 Å². The first-order valence-corrected chi connectivity index (χ1v) is 8.41. The molecule has 9 heteroatoms. The molecule has 0 saturated heterocycles. The average molecular weight is 352 g/mol. The van der Waals surface area contributed by atoms with Gasteiger partial charge in [-0.25, -0.2) is 14.9 Å². The maximum Gasteiger partial charge on any atom is 0.343 e. The molecule has 2 N–H and O–H groups in total. The fourth-order valence-corrected chi connectivity index (χ4v) is 3.21. The predicted molar refractivity (Wildman–Crippen MR) is 90.1 cm³/mol. The zero-order valence-corrected chi connectivity index (χ0v) is 13.9. The number of aromatic nitrogens is 5. The molecular weight excluding hydrogens is 338 g/mol. The van der Waals surface area contributed by atoms with E-state index in [1.54, 1.807) is 22.8 Å². The van der Waals surface area contributed by atoms with Crippen LogP contribution >= 0.6 is 23.4 Å². The van der Waals surface area contributed by atoms with E-state index in [1.165, 1.54) is 11.8 Å². The van der Waals surface area contributed by atoms with Crippen molar-refractivity contribution in [3.8, 4) is 0 Å². The lowest BCUT2D eigenvalue weighted by Gasteiger charge is -2.04. The number of hydrogen-bond acceptors (Lipinski definition) is 5. The molecule has 3 rings (SSSR count). The molecular formula is C14H14ClN5O2S. The molecule has 0 unspecified atom stereocenters. The maximum atomic E-state index is 12.1. The summed E-state index contributed by atoms with van der Waals surface area (Å²) in [5, 5.41) is 7.96. The Balaban J connectivity index is 1.87. The Morgan fingerprint density at radius 3 is 2.96 bits per heavy atom. The number of fused-ring (bicyclic) bond motifs is 1. The molecule has 2 aromatic heterocycles. The molecule has 2 heterocycles. The molecule has 0 spiro atoms. The SMILES string of the molecule is CCCn1c(SCc2nc3ccc(Cl)cc3c(=O)[nH]2)n[nH]c1=O. The summed E-state index contributed by atoms with van der Waals surface area (Å²) in [6.45, 7) is 2.58. The van der Waals surface area contributed by atoms with Crippen molar-refractivity contribution in [2.24, 2.45) is 0 Å². The summed E-state index contributed by atoms with van der Waals surface area (Å²) >= 11 is 7.24. The van der Waals surface area contributed by atoms with Gasteiger partial charge in [0.15, 0.2) is 5.16 Å². The van der Waals surface area contributed by atoms with Crippen LogP contribution in [0.4, 0.5) is 0 Å². The van der Waals surface area contributed by atoms with Crippen LogP contribution in [0.5, 0.6) is 0 Å². The van der Waals surface area contributed by atoms with Crippen LogP contribution in [0.2, 0.25) is 5.02 Å². The number of H-pyrrole nitrogens is 2. The summed E-state index contributed by atoms with van der Waals surface area (Å²) in [5.74, 6) is 0.926. The van der Waals surface area contributed by atoms with Gasteiger partial charge in [0.2, 0.25) is 0 Å². The van der Waals surface area contributed by atoms with Gasteiger partial charge in [0.05, 0.1) is 16.7 Å². The van der Waals surface area contributed by atoms with Crippen LogP contribution in [-0.4, -0.2) is 24.7 Å². The Morgan fingerprint density at radius 2 is 2.17 bits per heavy atom. The van der Waals surface area contributed by atoms with Crippen molar-refractivity contribution in [3.05, 3.63) is 49.9 Å². The first-order chi connectivity index (χ1) is 11.1. The standard InChI is InChI=1S/C14H14ClN5O2S/c1-2-5-20-13(22)18-19-14(20)23-7-11-16-10-4-3-8(15)6-9(10)12(21)17-11/h3-4,6H,2,5,7H2,1H3,(H,18,22)(H,16,17,21). The average Bonchev–Trinajstić information content (AvgIpc) is 2.87. The minimum atomic E-state index is -0.235. The molecule has 0 amide bonds. The van der Waals surface area contributed by atoms with Crippen molar-refractivity contribution in [2.45, 2.75) is 30.8 Å². The van der Waals surface area contributed by atoms with E-state index >= 15 is 0 Å². The smallest absolute Gasteiger partial charge is 0.309 e. The molecule has 3 aromatic rings. The molecule has 0 saturated carbocycles. The summed E-state index contributed by atoms with van der Waals surface area (Å²) in [5.41, 5.74) is 0.117. The highest BCUT2D eigenvalue weighted by atomic mass is 35.5. The highest BCUT2D eigenvalue weighted by Gasteiger charge is 2.10. The van der Waals surface area contributed by atoms with Crippen LogP contribution in [0.15, 0.2) is 32.9 Å². The van der Waals surface area contributed by atoms with Gasteiger partial charge in [0.1, 0.15) is 5.82 Å². The van der Waals surface area contributed by atoms with Crippen LogP contribution in [-0.2, 0) is 12.3 Å². The van der Waals surface area contributed by atoms with Gasteiger partial charge in [0.25, 0.3) is 5.56 Å². The third-order valence-electron chi connectivity index (χ3n) is 3.22. The minimum Gasteiger partial charge on any atom is -0.309 e. The van der Waals surface area contributed by atoms with Gasteiger partial charge in [0, 0.05) is 11.6 Å². The highest BCUT2D eigenvalue weighted by molar-refractivity contribution is 7.98. The van der Waals surface area contributed by atoms with E-state index < -0.39 is 0 Å². The highest BCUT2D eigenvalue weighted by Crippen LogP contribution is 2.19. The molecule has 120 valence electrons. The Labute approximate surface area is 140 Å². The van der Waals surface area contributed by atoms with E-state index in [2.05, 4.69) is 20.2 Å². The van der Waals surface area contributed by atoms with Crippen LogP contribution in [0, 0.1) is 0 Å². The molecule has 0 fully saturated rings. The summed E-state index contributed by atoms with van der Waals surface area (Å²) in [4.78, 5) is 30.9. The van der Waals surface area contributed by atoms with Gasteiger partial charge >= 0.3 is 5.69 Å². The molecule has 7 nitrogen and oxygen atoms in total. The maximum absolute atomic E-state index is 12.1. The van der Waals surface area contributed by atoms with Crippen molar-refractivity contribution >= 4 is 34.3 Å². The van der Waals surface area contributed by atoms with Gasteiger partial charge in [-0.2, -0.15) is 0 Å². The van der Waals surface area contributed by atoms with Gasteiger partial charge in [-0.1, -0.05) is 30.3 Å². The van der Waals surface area contributed by atoms with Gasteiger partial charge in [-0.15, -0.1) is 5.10 Å². The number of hydrogen-bond donors (Lipinski definition) is 2. The molecule has 0 aliphatic carbocycles. The van der Waals surface area contributed by atoms with E-state index in [1.807, 2.05) is 6.92 Å². The number of nitrogens with one attached hydrogen (secondary N) is 2. The van der Waals surface area contributed by atoms with Crippen molar-refractivity contribution in [3.63, 3.8) is 0 Å². The zero-order chi connectivity index (χ0) is 16.4. The first-order valence-electron chi connectivity index (χ1n) is 7.05. The Kier molecular flexibility index (Phi) is 4.53. The predicted octanol–water partition coefficient (Wildman–Crippen LogP) is 2.16. The zero-order valence-electron chi connectivity index (χ0n) is 12.3. The topological polar surface area (TPSA) is 96.4 Å². The summed E-state index contributed by atoms with van der Waals surface area (Å²) < 4.78 is 1.57. The lowest BCUT2D eigenvalue weighted by Crippen LogP contribution is -2.17. The lowest BCUT2D eigenvalue weighted by atomic mass is 10.2. The molecule has 0 atom stereocenters. The van der Waals surface area contributed by atoms with E-state index in [-0.39, 0.29) is 11.2 Å². The van der Waals surface area contributed by atoms with Crippen molar-refractivity contribution < 1.29 is 0 Å². The number of thioether (sulfide) groups is 1. The molecule has 0 bridgehead atoms. The fourth-order valence-electron chi connectivity index (χ4n) is 2.19. The van der Waals surface area contributed by atoms with Crippen molar-refractivity contribution in [1.82, 2.24) is 24.7 Å². The van der Waals surface area contributed by atoms with Crippen molar-refractivity contribution in [2.75, 3.05) is 0 Å². The quantitative estimate of drug-likeness (QED) is 0.687. The summed E-state index contributed by atoms with van der Waals surface area (Å²) in [6, 6.07) is 4.99. The van der Waals surface area contributed by atoms with Gasteiger partial charge in [-0.05, 0) is 24.6 Å². The minimum absolute atomic E-state index is 0.232. The van der Waals surface area contributed by atoms with Crippen LogP contribution in [0.25, 0.3) is 10.9 Å². The van der Waals surface area contributed by atoms with E-state index in [0.29, 0.717) is 39.2 Å². The third-order valence-corrected chi connectivity index (χ3v) is 4.45. The Bertz CT molecular complexity index is 962. The van der Waals surface area contributed by atoms with E-state index in [4.69, 9.17) is 11.6 Å². The normalized spacial score (nSPS) is 11.2. The Hall–Kier alpha value is -2.06. The largest absolute Gasteiger partial charge is 0.343 e. The number of benzene rings is 1. The second-order valence-corrected chi connectivity index (χ2v) is 6.30.